The quantitative estimate of drug-likeness (QED) is 0.571. The maximum absolute atomic E-state index is 8.07. The molecule has 0 aromatic carbocycles. The molecule has 0 radical (unpaired) electrons. The largest absolute Gasteiger partial charge is 0.327 e. The summed E-state index contributed by atoms with van der Waals surface area (Å²) in [5, 5.41) is 0. The van der Waals surface area contributed by atoms with Crippen LogP contribution >= 0.6 is 0 Å². The van der Waals surface area contributed by atoms with Crippen molar-refractivity contribution in [1.82, 2.24) is 0 Å². The fraction of sp³-hybridized carbons (Fsp3) is 1.00. The van der Waals surface area contributed by atoms with Crippen LogP contribution in [0.15, 0.2) is 0 Å². The van der Waals surface area contributed by atoms with Gasteiger partial charge in [-0.15, -0.1) is 0 Å². The first-order chi connectivity index (χ1) is 5.56. The van der Waals surface area contributed by atoms with E-state index in [1.165, 1.54) is 0 Å². The second kappa shape index (κ2) is 1.74. The zero-order chi connectivity index (χ0) is 10.7. The fourth-order valence-electron chi connectivity index (χ4n) is 1.77. The predicted molar refractivity (Wildman–Crippen MR) is 43.5 cm³/mol. The predicted octanol–water partition coefficient (Wildman–Crippen LogP) is 0.707. The lowest BCUT2D eigenvalue weighted by Crippen LogP contribution is -2.74. The lowest BCUT2D eigenvalue weighted by molar-refractivity contribution is -0.0500. The molecule has 60 valence electrons. The second-order valence-electron chi connectivity index (χ2n) is 4.04. The molecule has 1 rings (SSSR count). The van der Waals surface area contributed by atoms with E-state index < -0.39 is 22.9 Å². The molecular formula is C8H18N2. The smallest absolute Gasteiger partial charge is 0.119 e. The van der Waals surface area contributed by atoms with Crippen LogP contribution < -0.4 is 11.5 Å². The van der Waals surface area contributed by atoms with Crippen molar-refractivity contribution in [2.24, 2.45) is 22.3 Å². The number of hydrogen-bond acceptors (Lipinski definition) is 2. The van der Waals surface area contributed by atoms with Crippen molar-refractivity contribution >= 4 is 0 Å². The van der Waals surface area contributed by atoms with E-state index in [4.69, 9.17) is 9.89 Å². The number of rotatable bonds is 1. The average Bonchev–Trinajstić information content (AvgIpc) is 2.00. The van der Waals surface area contributed by atoms with Gasteiger partial charge in [0.25, 0.3) is 0 Å². The summed E-state index contributed by atoms with van der Waals surface area (Å²) >= 11 is 0. The van der Waals surface area contributed by atoms with Crippen molar-refractivity contribution in [2.75, 3.05) is 0 Å². The normalized spacial score (nSPS) is 61.5. The Bertz CT molecular complexity index is 218. The maximum atomic E-state index is 8.07. The molecule has 0 aliphatic heterocycles. The van der Waals surface area contributed by atoms with Crippen LogP contribution in [-0.2, 0) is 0 Å². The van der Waals surface area contributed by atoms with Gasteiger partial charge in [-0.1, -0.05) is 27.7 Å². The van der Waals surface area contributed by atoms with Crippen molar-refractivity contribution in [3.8, 4) is 0 Å². The maximum Gasteiger partial charge on any atom is 0.119 e. The Morgan fingerprint density at radius 2 is 1.60 bits per heavy atom. The number of hydrogen-bond donors (Lipinski definition) is 2. The first kappa shape index (κ1) is 4.73. The summed E-state index contributed by atoms with van der Waals surface area (Å²) in [6.45, 7) is 7.00. The van der Waals surface area contributed by atoms with Gasteiger partial charge in [0.2, 0.25) is 0 Å². The van der Waals surface area contributed by atoms with Gasteiger partial charge in [-0.2, -0.15) is 0 Å². The molecular weight excluding hydrogens is 124 g/mol. The van der Waals surface area contributed by atoms with E-state index in [-0.39, 0.29) is 0 Å². The number of nitrogens with two attached hydrogens (primary N) is 2. The minimum Gasteiger partial charge on any atom is -0.327 e. The van der Waals surface area contributed by atoms with Gasteiger partial charge in [0.1, 0.15) is 1.41 Å². The van der Waals surface area contributed by atoms with Crippen LogP contribution in [0.5, 0.6) is 0 Å². The first-order valence-electron chi connectivity index (χ1n) is 5.04. The highest BCUT2D eigenvalue weighted by molar-refractivity contribution is 5.14. The molecule has 10 heavy (non-hydrogen) atoms. The Kier molecular flexibility index (Phi) is 0.824. The van der Waals surface area contributed by atoms with Crippen molar-refractivity contribution in [3.05, 3.63) is 0 Å². The molecule has 1 aliphatic carbocycles. The highest BCUT2D eigenvalue weighted by Gasteiger charge is 2.57. The summed E-state index contributed by atoms with van der Waals surface area (Å²) < 4.78 is 23.2. The molecule has 0 unspecified atom stereocenters. The third-order valence-electron chi connectivity index (χ3n) is 2.60. The molecule has 0 aromatic heterocycles. The first-order valence-corrected chi connectivity index (χ1v) is 3.54. The van der Waals surface area contributed by atoms with Crippen LogP contribution in [0, 0.1) is 10.8 Å². The third kappa shape index (κ3) is 0.663. The lowest BCUT2D eigenvalue weighted by Gasteiger charge is -2.61. The molecule has 0 heterocycles. The van der Waals surface area contributed by atoms with E-state index in [0.717, 1.165) is 0 Å². The van der Waals surface area contributed by atoms with Gasteiger partial charge in [0.15, 0.2) is 0 Å². The Morgan fingerprint density at radius 3 is 1.80 bits per heavy atom. The molecule has 0 saturated heterocycles. The van der Waals surface area contributed by atoms with Gasteiger partial charge in [0.05, 0.1) is 0 Å². The van der Waals surface area contributed by atoms with Crippen LogP contribution in [0.3, 0.4) is 0 Å². The highest BCUT2D eigenvalue weighted by atomic mass is 14.9. The molecule has 2 heteroatoms. The van der Waals surface area contributed by atoms with Crippen LogP contribution in [0.1, 0.15) is 30.4 Å². The Hall–Kier alpha value is -0.0800. The van der Waals surface area contributed by atoms with Gasteiger partial charge >= 0.3 is 0 Å². The van der Waals surface area contributed by atoms with Crippen LogP contribution in [-0.4, -0.2) is 12.0 Å². The van der Waals surface area contributed by atoms with Crippen LogP contribution in [0.25, 0.3) is 0 Å². The average molecular weight is 145 g/mol. The standard InChI is InChI=1S/C8H18N2/c1-7(2)5(9)8(3,4)6(7)10/h5-6H,9-10H2,1-4H3/i5D,6D/hD. The second-order valence-corrected chi connectivity index (χ2v) is 4.04. The molecule has 1 aliphatic rings. The van der Waals surface area contributed by atoms with E-state index in [1.807, 2.05) is 0 Å². The summed E-state index contributed by atoms with van der Waals surface area (Å²) in [7, 11) is 0. The molecule has 0 bridgehead atoms. The molecule has 0 amide bonds. The van der Waals surface area contributed by atoms with E-state index in [0.29, 0.717) is 0 Å². The lowest BCUT2D eigenvalue weighted by atomic mass is 9.49. The fourth-order valence-corrected chi connectivity index (χ4v) is 1.77. The van der Waals surface area contributed by atoms with Gasteiger partial charge < -0.3 is 11.5 Å². The molecule has 0 aromatic rings. The molecule has 0 atom stereocenters. The summed E-state index contributed by atoms with van der Waals surface area (Å²) in [5.41, 5.74) is 6.62. The summed E-state index contributed by atoms with van der Waals surface area (Å²) in [5.74, 6) is 0. The minimum atomic E-state index is -1.17. The third-order valence-corrected chi connectivity index (χ3v) is 2.60. The molecule has 2 nitrogen and oxygen atoms in total. The Labute approximate surface area is 67.2 Å². The summed E-state index contributed by atoms with van der Waals surface area (Å²) in [6, 6.07) is -2.33. The Balaban J connectivity index is 3.18. The topological polar surface area (TPSA) is 52.0 Å². The van der Waals surface area contributed by atoms with Gasteiger partial charge in [-0.05, 0) is 10.8 Å². The van der Waals surface area contributed by atoms with E-state index >= 15 is 0 Å². The van der Waals surface area contributed by atoms with E-state index in [2.05, 4.69) is 5.73 Å². The van der Waals surface area contributed by atoms with Gasteiger partial charge in [-0.25, -0.2) is 0 Å². The zero-order valence-corrected chi connectivity index (χ0v) is 7.08. The van der Waals surface area contributed by atoms with Crippen molar-refractivity contribution < 1.29 is 4.15 Å². The van der Waals surface area contributed by atoms with Crippen molar-refractivity contribution in [1.29, 1.82) is 0 Å². The SMILES string of the molecule is [2H]NC1([2H])C(C)(C)C([2H])(N)C1(C)C. The highest BCUT2D eigenvalue weighted by Crippen LogP contribution is 2.51. The molecule has 1 fully saturated rings. The molecule has 4 N–H and O–H groups in total. The molecule has 1 saturated carbocycles. The molecule has 0 spiro atoms. The summed E-state index contributed by atoms with van der Waals surface area (Å²) in [6.07, 6.45) is 0. The van der Waals surface area contributed by atoms with Crippen LogP contribution in [0.2, 0.25) is 1.41 Å². The van der Waals surface area contributed by atoms with Gasteiger partial charge in [-0.3, -0.25) is 0 Å². The van der Waals surface area contributed by atoms with Gasteiger partial charge in [0, 0.05) is 14.8 Å². The van der Waals surface area contributed by atoms with E-state index in [1.54, 1.807) is 27.7 Å². The summed E-state index contributed by atoms with van der Waals surface area (Å²) in [4.78, 5) is 0. The zero-order valence-electron chi connectivity index (χ0n) is 10.1. The Morgan fingerprint density at radius 1 is 1.20 bits per heavy atom. The van der Waals surface area contributed by atoms with Crippen molar-refractivity contribution in [3.63, 3.8) is 0 Å². The monoisotopic (exact) mass is 145 g/mol. The van der Waals surface area contributed by atoms with Crippen LogP contribution in [0.4, 0.5) is 0 Å². The minimum absolute atomic E-state index is 0.731. The van der Waals surface area contributed by atoms with E-state index in [9.17, 15) is 0 Å². The van der Waals surface area contributed by atoms with Crippen molar-refractivity contribution in [2.45, 2.75) is 39.7 Å².